The molecule has 0 spiro atoms. The van der Waals surface area contributed by atoms with E-state index in [2.05, 4.69) is 41.5 Å². The van der Waals surface area contributed by atoms with Crippen molar-refractivity contribution in [2.75, 3.05) is 0 Å². The Morgan fingerprint density at radius 3 is 2.28 bits per heavy atom. The topological polar surface area (TPSA) is 0 Å². The van der Waals surface area contributed by atoms with Gasteiger partial charge < -0.3 is 0 Å². The van der Waals surface area contributed by atoms with Crippen LogP contribution in [0, 0.1) is 58.2 Å². The molecule has 0 aromatic carbocycles. The summed E-state index contributed by atoms with van der Waals surface area (Å²) in [5.41, 5.74) is 1.34. The molecule has 168 valence electrons. The van der Waals surface area contributed by atoms with Crippen LogP contribution in [0.4, 0.5) is 0 Å². The molecule has 0 aliphatic heterocycles. The summed E-state index contributed by atoms with van der Waals surface area (Å²) in [6.45, 7) is 15.5. The van der Waals surface area contributed by atoms with Crippen molar-refractivity contribution in [2.24, 2.45) is 58.2 Å². The third kappa shape index (κ3) is 3.98. The SMILES string of the molecule is CC(C)CCCC(C)[C@H]1CCCC2C3CCC4CC(C)CC[C@]4(C)C3CC[C@@]21C. The fourth-order valence-electron chi connectivity index (χ4n) is 9.70. The summed E-state index contributed by atoms with van der Waals surface area (Å²) in [5, 5.41) is 0. The van der Waals surface area contributed by atoms with E-state index in [-0.39, 0.29) is 0 Å². The minimum atomic E-state index is 0.655. The number of hydrogen-bond donors (Lipinski definition) is 0. The van der Waals surface area contributed by atoms with Crippen LogP contribution in [0.2, 0.25) is 0 Å². The van der Waals surface area contributed by atoms with Gasteiger partial charge in [-0.05, 0) is 110 Å². The monoisotopic (exact) mass is 400 g/mol. The lowest BCUT2D eigenvalue weighted by molar-refractivity contribution is -0.151. The van der Waals surface area contributed by atoms with Crippen molar-refractivity contribution in [3.05, 3.63) is 0 Å². The predicted octanol–water partition coefficient (Wildman–Crippen LogP) is 9.13. The summed E-state index contributed by atoms with van der Waals surface area (Å²) in [6.07, 6.45) is 19.8. The van der Waals surface area contributed by atoms with Crippen LogP contribution in [0.5, 0.6) is 0 Å². The maximum atomic E-state index is 2.77. The summed E-state index contributed by atoms with van der Waals surface area (Å²) in [5.74, 6) is 8.03. The molecule has 0 amide bonds. The highest BCUT2D eigenvalue weighted by atomic mass is 14.6. The van der Waals surface area contributed by atoms with E-state index >= 15 is 0 Å². The molecule has 29 heavy (non-hydrogen) atoms. The van der Waals surface area contributed by atoms with E-state index in [9.17, 15) is 0 Å². The van der Waals surface area contributed by atoms with Crippen LogP contribution in [0.15, 0.2) is 0 Å². The maximum Gasteiger partial charge on any atom is -0.0264 e. The minimum absolute atomic E-state index is 0.655. The van der Waals surface area contributed by atoms with Gasteiger partial charge in [0.2, 0.25) is 0 Å². The smallest absolute Gasteiger partial charge is 0.0264 e. The second-order valence-corrected chi connectivity index (χ2v) is 13.4. The zero-order valence-electron chi connectivity index (χ0n) is 20.8. The van der Waals surface area contributed by atoms with Gasteiger partial charge in [-0.2, -0.15) is 0 Å². The summed E-state index contributed by atoms with van der Waals surface area (Å²) < 4.78 is 0. The van der Waals surface area contributed by atoms with Gasteiger partial charge in [0.1, 0.15) is 0 Å². The molecule has 0 aromatic rings. The molecule has 0 nitrogen and oxygen atoms in total. The first kappa shape index (κ1) is 22.2. The van der Waals surface area contributed by atoms with E-state index in [1.807, 2.05) is 0 Å². The number of rotatable bonds is 5. The van der Waals surface area contributed by atoms with Crippen molar-refractivity contribution in [2.45, 2.75) is 125 Å². The predicted molar refractivity (Wildman–Crippen MR) is 127 cm³/mol. The molecule has 4 aliphatic carbocycles. The third-order valence-electron chi connectivity index (χ3n) is 11.4. The van der Waals surface area contributed by atoms with Crippen LogP contribution in [-0.2, 0) is 0 Å². The average molecular weight is 401 g/mol. The van der Waals surface area contributed by atoms with E-state index in [0.717, 1.165) is 47.3 Å². The van der Waals surface area contributed by atoms with Gasteiger partial charge in [-0.15, -0.1) is 0 Å². The van der Waals surface area contributed by atoms with Crippen molar-refractivity contribution in [3.8, 4) is 0 Å². The van der Waals surface area contributed by atoms with E-state index in [1.54, 1.807) is 38.5 Å². The first-order chi connectivity index (χ1) is 13.8. The van der Waals surface area contributed by atoms with Gasteiger partial charge >= 0.3 is 0 Å². The van der Waals surface area contributed by atoms with Crippen molar-refractivity contribution in [1.82, 2.24) is 0 Å². The fraction of sp³-hybridized carbons (Fsp3) is 1.00. The van der Waals surface area contributed by atoms with Crippen LogP contribution in [0.1, 0.15) is 125 Å². The summed E-state index contributed by atoms with van der Waals surface area (Å²) >= 11 is 0. The molecule has 6 unspecified atom stereocenters. The van der Waals surface area contributed by atoms with Crippen molar-refractivity contribution >= 4 is 0 Å². The van der Waals surface area contributed by atoms with Gasteiger partial charge in [0, 0.05) is 0 Å². The Balaban J connectivity index is 1.49. The van der Waals surface area contributed by atoms with Crippen LogP contribution in [-0.4, -0.2) is 0 Å². The molecule has 0 saturated heterocycles. The molecular formula is C29H52. The van der Waals surface area contributed by atoms with E-state index in [1.165, 1.54) is 44.9 Å². The van der Waals surface area contributed by atoms with Crippen molar-refractivity contribution in [1.29, 1.82) is 0 Å². The average Bonchev–Trinajstić information content (AvgIpc) is 2.67. The van der Waals surface area contributed by atoms with Gasteiger partial charge in [0.25, 0.3) is 0 Å². The Morgan fingerprint density at radius 2 is 1.52 bits per heavy atom. The molecule has 0 heterocycles. The zero-order valence-corrected chi connectivity index (χ0v) is 20.8. The maximum absolute atomic E-state index is 2.77. The molecule has 4 rings (SSSR count). The van der Waals surface area contributed by atoms with Crippen molar-refractivity contribution < 1.29 is 0 Å². The van der Waals surface area contributed by atoms with E-state index < -0.39 is 0 Å². The summed E-state index contributed by atoms with van der Waals surface area (Å²) in [4.78, 5) is 0. The molecule has 4 saturated carbocycles. The van der Waals surface area contributed by atoms with Crippen LogP contribution < -0.4 is 0 Å². The molecule has 4 aliphatic rings. The number of hydrogen-bond acceptors (Lipinski definition) is 0. The second kappa shape index (κ2) is 8.50. The van der Waals surface area contributed by atoms with E-state index in [0.29, 0.717) is 10.8 Å². The fourth-order valence-corrected chi connectivity index (χ4v) is 9.70. The molecular weight excluding hydrogens is 348 g/mol. The molecule has 0 N–H and O–H groups in total. The third-order valence-corrected chi connectivity index (χ3v) is 11.4. The Labute approximate surface area is 183 Å². The lowest BCUT2D eigenvalue weighted by atomic mass is 9.41. The van der Waals surface area contributed by atoms with Crippen LogP contribution in [0.25, 0.3) is 0 Å². The van der Waals surface area contributed by atoms with Gasteiger partial charge in [-0.25, -0.2) is 0 Å². The Morgan fingerprint density at radius 1 is 0.793 bits per heavy atom. The molecule has 0 radical (unpaired) electrons. The largest absolute Gasteiger partial charge is 0.0628 e. The summed E-state index contributed by atoms with van der Waals surface area (Å²) in [6, 6.07) is 0. The Bertz CT molecular complexity index is 548. The van der Waals surface area contributed by atoms with Gasteiger partial charge in [0.05, 0.1) is 0 Å². The molecule has 0 aromatic heterocycles. The normalized spacial score (nSPS) is 48.5. The summed E-state index contributed by atoms with van der Waals surface area (Å²) in [7, 11) is 0. The molecule has 0 bridgehead atoms. The highest BCUT2D eigenvalue weighted by Crippen LogP contribution is 2.67. The standard InChI is InChI=1S/C29H52/c1-20(2)9-7-10-22(4)25-11-8-12-26-24-14-13-23-19-21(3)15-17-28(23,5)27(24)16-18-29(25,26)6/h20-27H,7-19H2,1-6H3/t21?,22?,23?,24?,25-,26?,27?,28+,29-/m1/s1. The molecule has 9 atom stereocenters. The Kier molecular flexibility index (Phi) is 6.51. The van der Waals surface area contributed by atoms with E-state index in [4.69, 9.17) is 0 Å². The quantitative estimate of drug-likeness (QED) is 0.431. The van der Waals surface area contributed by atoms with Crippen LogP contribution in [0.3, 0.4) is 0 Å². The van der Waals surface area contributed by atoms with Gasteiger partial charge in [-0.1, -0.05) is 73.6 Å². The Hall–Kier alpha value is 0. The second-order valence-electron chi connectivity index (χ2n) is 13.4. The lowest BCUT2D eigenvalue weighted by Crippen LogP contribution is -2.56. The first-order valence-electron chi connectivity index (χ1n) is 13.8. The highest BCUT2D eigenvalue weighted by Gasteiger charge is 2.59. The van der Waals surface area contributed by atoms with Gasteiger partial charge in [-0.3, -0.25) is 0 Å². The van der Waals surface area contributed by atoms with Crippen molar-refractivity contribution in [3.63, 3.8) is 0 Å². The molecule has 0 heteroatoms. The lowest BCUT2D eigenvalue weighted by Gasteiger charge is -2.64. The molecule has 4 fully saturated rings. The highest BCUT2D eigenvalue weighted by molar-refractivity contribution is 5.08. The van der Waals surface area contributed by atoms with Gasteiger partial charge in [0.15, 0.2) is 0 Å². The first-order valence-corrected chi connectivity index (χ1v) is 13.8. The minimum Gasteiger partial charge on any atom is -0.0628 e. The zero-order chi connectivity index (χ0) is 20.8. The van der Waals surface area contributed by atoms with Crippen LogP contribution >= 0.6 is 0 Å². The number of fused-ring (bicyclic) bond motifs is 5.